The number of rotatable bonds is 7. The Morgan fingerprint density at radius 3 is 2.24 bits per heavy atom. The summed E-state index contributed by atoms with van der Waals surface area (Å²) in [4.78, 5) is 12.5. The Balaban J connectivity index is 1.38. The van der Waals surface area contributed by atoms with Crippen LogP contribution >= 0.6 is 0 Å². The van der Waals surface area contributed by atoms with E-state index in [2.05, 4.69) is 0 Å². The van der Waals surface area contributed by atoms with E-state index in [9.17, 15) is 13.2 Å². The molecule has 2 aliphatic rings. The number of ether oxygens (including phenoxy) is 2. The number of aryl methyl sites for hydroxylation is 1. The van der Waals surface area contributed by atoms with Crippen molar-refractivity contribution in [3.05, 3.63) is 52.4 Å². The van der Waals surface area contributed by atoms with Crippen LogP contribution < -0.4 is 15.0 Å². The molecule has 156 valence electrons. The van der Waals surface area contributed by atoms with Gasteiger partial charge in [-0.15, -0.1) is 0 Å². The van der Waals surface area contributed by atoms with Crippen LogP contribution in [0.15, 0.2) is 46.1 Å². The highest BCUT2D eigenvalue weighted by Gasteiger charge is 2.38. The minimum absolute atomic E-state index is 0.0285. The summed E-state index contributed by atoms with van der Waals surface area (Å²) >= 11 is 0. The second kappa shape index (κ2) is 7.50. The van der Waals surface area contributed by atoms with E-state index in [4.69, 9.17) is 9.47 Å². The third kappa shape index (κ3) is 4.18. The van der Waals surface area contributed by atoms with Gasteiger partial charge in [-0.05, 0) is 63.9 Å². The minimum Gasteiger partial charge on any atom is -0.491 e. The van der Waals surface area contributed by atoms with E-state index in [1.807, 2.05) is 26.8 Å². The molecule has 0 N–H and O–H groups in total. The predicted octanol–water partition coefficient (Wildman–Crippen LogP) is 2.73. The van der Waals surface area contributed by atoms with E-state index in [-0.39, 0.29) is 35.8 Å². The van der Waals surface area contributed by atoms with Crippen molar-refractivity contribution in [1.29, 1.82) is 0 Å². The highest BCUT2D eigenvalue weighted by atomic mass is 32.2. The Morgan fingerprint density at radius 2 is 1.69 bits per heavy atom. The van der Waals surface area contributed by atoms with Crippen molar-refractivity contribution < 1.29 is 17.9 Å². The first-order chi connectivity index (χ1) is 13.7. The summed E-state index contributed by atoms with van der Waals surface area (Å²) in [6.45, 7) is 6.26. The topological polar surface area (TPSA) is 77.8 Å². The summed E-state index contributed by atoms with van der Waals surface area (Å²) in [5, 5.41) is 0. The van der Waals surface area contributed by atoms with Crippen LogP contribution in [0, 0.1) is 6.92 Å². The fraction of sp³-hybridized carbons (Fsp3) is 0.476. The summed E-state index contributed by atoms with van der Waals surface area (Å²) < 4.78 is 40.1. The zero-order valence-electron chi connectivity index (χ0n) is 16.9. The lowest BCUT2D eigenvalue weighted by Crippen LogP contribution is -2.56. The van der Waals surface area contributed by atoms with Gasteiger partial charge in [0.05, 0.1) is 24.1 Å². The monoisotopic (exact) mass is 418 g/mol. The van der Waals surface area contributed by atoms with Gasteiger partial charge >= 0.3 is 0 Å². The average molecular weight is 419 g/mol. The Bertz CT molecular complexity index is 1050. The highest BCUT2D eigenvalue weighted by Crippen LogP contribution is 2.35. The van der Waals surface area contributed by atoms with Gasteiger partial charge in [-0.2, -0.15) is 4.31 Å². The Morgan fingerprint density at radius 1 is 1.03 bits per heavy atom. The third-order valence-electron chi connectivity index (χ3n) is 5.10. The van der Waals surface area contributed by atoms with Crippen LogP contribution in [0.2, 0.25) is 0 Å². The van der Waals surface area contributed by atoms with Crippen molar-refractivity contribution in [3.63, 3.8) is 0 Å². The molecule has 1 aromatic carbocycles. The first-order valence-corrected chi connectivity index (χ1v) is 11.3. The van der Waals surface area contributed by atoms with Crippen molar-refractivity contribution in [2.75, 3.05) is 13.1 Å². The Kier molecular flexibility index (Phi) is 5.16. The summed E-state index contributed by atoms with van der Waals surface area (Å²) in [5.41, 5.74) is 0.817. The lowest BCUT2D eigenvalue weighted by molar-refractivity contribution is 0.0758. The lowest BCUT2D eigenvalue weighted by atomic mass is 10.2. The SMILES string of the molecule is Cc1cc(OC2CN(S(=O)(=O)c3ccc(OC(C)C)cc3)C2)cc(=O)n1C1CC1. The molecule has 2 aromatic rings. The molecule has 1 aliphatic carbocycles. The molecular weight excluding hydrogens is 392 g/mol. The molecule has 1 aliphatic heterocycles. The minimum atomic E-state index is -3.57. The molecule has 1 saturated heterocycles. The number of pyridine rings is 1. The van der Waals surface area contributed by atoms with E-state index in [1.165, 1.54) is 10.4 Å². The van der Waals surface area contributed by atoms with E-state index >= 15 is 0 Å². The molecule has 8 heteroatoms. The zero-order chi connectivity index (χ0) is 20.8. The van der Waals surface area contributed by atoms with Crippen LogP contribution in [0.5, 0.6) is 11.5 Å². The van der Waals surface area contributed by atoms with Crippen LogP contribution in [-0.2, 0) is 10.0 Å². The van der Waals surface area contributed by atoms with Gasteiger partial charge in [0.15, 0.2) is 0 Å². The summed E-state index contributed by atoms with van der Waals surface area (Å²) in [6, 6.07) is 10.1. The van der Waals surface area contributed by atoms with Gasteiger partial charge < -0.3 is 14.0 Å². The second-order valence-electron chi connectivity index (χ2n) is 7.97. The Labute approximate surface area is 170 Å². The van der Waals surface area contributed by atoms with Crippen molar-refractivity contribution in [2.45, 2.75) is 56.8 Å². The van der Waals surface area contributed by atoms with E-state index in [1.54, 1.807) is 28.8 Å². The summed E-state index contributed by atoms with van der Waals surface area (Å²) in [5.74, 6) is 1.14. The number of sulfonamides is 1. The smallest absolute Gasteiger partial charge is 0.254 e. The molecular formula is C21H26N2O5S. The fourth-order valence-corrected chi connectivity index (χ4v) is 5.03. The molecule has 2 heterocycles. The molecule has 29 heavy (non-hydrogen) atoms. The van der Waals surface area contributed by atoms with Gasteiger partial charge in [0.1, 0.15) is 17.6 Å². The predicted molar refractivity (Wildman–Crippen MR) is 109 cm³/mol. The number of hydrogen-bond acceptors (Lipinski definition) is 5. The first kappa shape index (κ1) is 20.0. The quantitative estimate of drug-likeness (QED) is 0.691. The molecule has 7 nitrogen and oxygen atoms in total. The van der Waals surface area contributed by atoms with Gasteiger partial charge in [-0.1, -0.05) is 0 Å². The van der Waals surface area contributed by atoms with Crippen molar-refractivity contribution in [1.82, 2.24) is 8.87 Å². The van der Waals surface area contributed by atoms with Gasteiger partial charge in [-0.3, -0.25) is 4.79 Å². The normalized spacial score (nSPS) is 17.9. The van der Waals surface area contributed by atoms with E-state index in [0.29, 0.717) is 17.5 Å². The van der Waals surface area contributed by atoms with Crippen LogP contribution in [0.4, 0.5) is 0 Å². The molecule has 4 rings (SSSR count). The number of aromatic nitrogens is 1. The zero-order valence-corrected chi connectivity index (χ0v) is 17.7. The van der Waals surface area contributed by atoms with Crippen LogP contribution in [0.1, 0.15) is 38.4 Å². The van der Waals surface area contributed by atoms with Crippen molar-refractivity contribution in [2.24, 2.45) is 0 Å². The molecule has 0 bridgehead atoms. The standard InChI is InChI=1S/C21H26N2O5S/c1-14(2)27-17-6-8-20(9-7-17)29(25,26)22-12-19(13-22)28-18-10-15(3)23(16-4-5-16)21(24)11-18/h6-11,14,16,19H,4-5,12-13H2,1-3H3. The number of hydrogen-bond donors (Lipinski definition) is 0. The summed E-state index contributed by atoms with van der Waals surface area (Å²) in [6.07, 6.45) is 1.85. The molecule has 0 spiro atoms. The van der Waals surface area contributed by atoms with E-state index in [0.717, 1.165) is 18.5 Å². The molecule has 0 unspecified atom stereocenters. The maximum atomic E-state index is 12.8. The number of benzene rings is 1. The molecule has 0 amide bonds. The van der Waals surface area contributed by atoms with Gasteiger partial charge in [0.25, 0.3) is 5.56 Å². The lowest BCUT2D eigenvalue weighted by Gasteiger charge is -2.37. The summed E-state index contributed by atoms with van der Waals surface area (Å²) in [7, 11) is -3.57. The average Bonchev–Trinajstić information content (AvgIpc) is 3.42. The van der Waals surface area contributed by atoms with Gasteiger partial charge in [0, 0.05) is 17.8 Å². The van der Waals surface area contributed by atoms with Crippen molar-refractivity contribution in [3.8, 4) is 11.5 Å². The first-order valence-electron chi connectivity index (χ1n) is 9.91. The Hall–Kier alpha value is -2.32. The van der Waals surface area contributed by atoms with Crippen LogP contribution in [-0.4, -0.2) is 42.6 Å². The molecule has 2 fully saturated rings. The number of nitrogens with zero attached hydrogens (tertiary/aromatic N) is 2. The maximum Gasteiger partial charge on any atom is 0.254 e. The van der Waals surface area contributed by atoms with Crippen LogP contribution in [0.25, 0.3) is 0 Å². The maximum absolute atomic E-state index is 12.8. The van der Waals surface area contributed by atoms with E-state index < -0.39 is 10.0 Å². The molecule has 1 aromatic heterocycles. The highest BCUT2D eigenvalue weighted by molar-refractivity contribution is 7.89. The molecule has 0 atom stereocenters. The largest absolute Gasteiger partial charge is 0.491 e. The van der Waals surface area contributed by atoms with Gasteiger partial charge in [0.2, 0.25) is 10.0 Å². The van der Waals surface area contributed by atoms with Gasteiger partial charge in [-0.25, -0.2) is 8.42 Å². The second-order valence-corrected chi connectivity index (χ2v) is 9.91. The third-order valence-corrected chi connectivity index (χ3v) is 6.94. The molecule has 1 saturated carbocycles. The van der Waals surface area contributed by atoms with Crippen LogP contribution in [0.3, 0.4) is 0 Å². The van der Waals surface area contributed by atoms with Crippen molar-refractivity contribution >= 4 is 10.0 Å². The fourth-order valence-electron chi connectivity index (χ4n) is 3.53. The molecule has 0 radical (unpaired) electrons.